The number of amides is 2. The number of para-hydroxylation sites is 2. The maximum Gasteiger partial charge on any atom is 0.318 e. The maximum atomic E-state index is 13.2. The lowest BCUT2D eigenvalue weighted by Gasteiger charge is -2.29. The molecule has 4 aromatic rings. The molecule has 6 heteroatoms. The number of nitrogens with zero attached hydrogens (tertiary/aromatic N) is 2. The molecule has 0 spiro atoms. The normalized spacial score (nSPS) is 15.7. The van der Waals surface area contributed by atoms with Crippen LogP contribution in [0.3, 0.4) is 0 Å². The van der Waals surface area contributed by atoms with Gasteiger partial charge in [0.1, 0.15) is 5.76 Å². The number of nitrogens with one attached hydrogen (secondary N) is 1. The molecule has 0 saturated heterocycles. The molecule has 5 rings (SSSR count). The van der Waals surface area contributed by atoms with Gasteiger partial charge in [0.25, 0.3) is 0 Å². The number of carbonyl (C=O) groups excluding carboxylic acids is 1. The van der Waals surface area contributed by atoms with Crippen LogP contribution in [0.25, 0.3) is 21.8 Å². The first-order chi connectivity index (χ1) is 16.2. The first-order valence-electron chi connectivity index (χ1n) is 11.9. The Labute approximate surface area is 193 Å². The number of benzene rings is 2. The summed E-state index contributed by atoms with van der Waals surface area (Å²) in [4.78, 5) is 14.8. The van der Waals surface area contributed by atoms with Gasteiger partial charge >= 0.3 is 6.03 Å². The van der Waals surface area contributed by atoms with Crippen LogP contribution in [0.4, 0.5) is 4.79 Å². The van der Waals surface area contributed by atoms with Crippen molar-refractivity contribution in [1.82, 2.24) is 14.8 Å². The minimum absolute atomic E-state index is 0.139. The molecule has 2 heterocycles. The van der Waals surface area contributed by atoms with E-state index in [1.807, 2.05) is 36.4 Å². The van der Waals surface area contributed by atoms with Crippen molar-refractivity contribution in [3.05, 3.63) is 72.7 Å². The van der Waals surface area contributed by atoms with Crippen molar-refractivity contribution in [3.8, 4) is 0 Å². The Hall–Kier alpha value is -3.25. The fraction of sp³-hybridized carbons (Fsp3) is 0.370. The number of carbonyl (C=O) groups is 1. The molecule has 2 aromatic heterocycles. The van der Waals surface area contributed by atoms with Crippen LogP contribution in [0.2, 0.25) is 0 Å². The third kappa shape index (κ3) is 4.76. The van der Waals surface area contributed by atoms with Crippen molar-refractivity contribution in [3.63, 3.8) is 0 Å². The summed E-state index contributed by atoms with van der Waals surface area (Å²) in [5.41, 5.74) is 2.17. The summed E-state index contributed by atoms with van der Waals surface area (Å²) < 4.78 is 7.65. The molecular weight excluding hydrogens is 414 g/mol. The van der Waals surface area contributed by atoms with Gasteiger partial charge in [0.15, 0.2) is 0 Å². The average molecular weight is 446 g/mol. The highest BCUT2D eigenvalue weighted by Crippen LogP contribution is 2.29. The fourth-order valence-electron chi connectivity index (χ4n) is 5.05. The second-order valence-electron chi connectivity index (χ2n) is 9.04. The van der Waals surface area contributed by atoms with E-state index >= 15 is 0 Å². The van der Waals surface area contributed by atoms with Gasteiger partial charge < -0.3 is 24.3 Å². The Morgan fingerprint density at radius 1 is 1.00 bits per heavy atom. The van der Waals surface area contributed by atoms with E-state index in [0.717, 1.165) is 36.7 Å². The molecule has 1 atom stereocenters. The minimum Gasteiger partial charge on any atom is -0.467 e. The van der Waals surface area contributed by atoms with Crippen molar-refractivity contribution in [1.29, 1.82) is 0 Å². The summed E-state index contributed by atoms with van der Waals surface area (Å²) in [6, 6.07) is 20.3. The smallest absolute Gasteiger partial charge is 0.318 e. The molecule has 1 fully saturated rings. The number of hydrogen-bond donors (Lipinski definition) is 2. The largest absolute Gasteiger partial charge is 0.467 e. The van der Waals surface area contributed by atoms with E-state index in [0.29, 0.717) is 18.8 Å². The van der Waals surface area contributed by atoms with Gasteiger partial charge in [-0.25, -0.2) is 4.79 Å². The Morgan fingerprint density at radius 2 is 1.67 bits per heavy atom. The summed E-state index contributed by atoms with van der Waals surface area (Å²) in [5, 5.41) is 16.6. The van der Waals surface area contributed by atoms with E-state index in [9.17, 15) is 9.90 Å². The zero-order chi connectivity index (χ0) is 22.6. The van der Waals surface area contributed by atoms with Crippen LogP contribution in [-0.2, 0) is 13.1 Å². The molecule has 2 amide bonds. The predicted octanol–water partition coefficient (Wildman–Crippen LogP) is 5.29. The highest BCUT2D eigenvalue weighted by atomic mass is 16.3. The van der Waals surface area contributed by atoms with E-state index in [-0.39, 0.29) is 18.6 Å². The summed E-state index contributed by atoms with van der Waals surface area (Å²) in [5.74, 6) is 0.706. The molecule has 6 nitrogen and oxygen atoms in total. The maximum absolute atomic E-state index is 13.2. The highest BCUT2D eigenvalue weighted by Gasteiger charge is 2.24. The van der Waals surface area contributed by atoms with Gasteiger partial charge in [-0.2, -0.15) is 0 Å². The van der Waals surface area contributed by atoms with Gasteiger partial charge in [-0.15, -0.1) is 0 Å². The summed E-state index contributed by atoms with van der Waals surface area (Å²) in [6.45, 7) is 0.954. The number of furan rings is 1. The molecule has 1 unspecified atom stereocenters. The molecule has 2 aromatic carbocycles. The number of aromatic nitrogens is 1. The number of rotatable bonds is 7. The van der Waals surface area contributed by atoms with Crippen LogP contribution in [0.1, 0.15) is 37.9 Å². The topological polar surface area (TPSA) is 70.6 Å². The molecule has 172 valence electrons. The Bertz CT molecular complexity index is 1150. The summed E-state index contributed by atoms with van der Waals surface area (Å²) in [6.07, 6.45) is 6.46. The Kier molecular flexibility index (Phi) is 6.35. The molecule has 33 heavy (non-hydrogen) atoms. The average Bonchev–Trinajstić information content (AvgIpc) is 3.46. The molecule has 2 N–H and O–H groups in total. The van der Waals surface area contributed by atoms with Crippen molar-refractivity contribution in [2.45, 2.75) is 57.3 Å². The van der Waals surface area contributed by atoms with E-state index in [1.165, 1.54) is 17.2 Å². The van der Waals surface area contributed by atoms with Crippen LogP contribution >= 0.6 is 0 Å². The molecule has 0 aliphatic heterocycles. The fourth-order valence-corrected chi connectivity index (χ4v) is 5.05. The van der Waals surface area contributed by atoms with Crippen LogP contribution in [-0.4, -0.2) is 39.3 Å². The summed E-state index contributed by atoms with van der Waals surface area (Å²) >= 11 is 0. The monoisotopic (exact) mass is 445 g/mol. The lowest BCUT2D eigenvalue weighted by Crippen LogP contribution is -2.48. The lowest BCUT2D eigenvalue weighted by atomic mass is 9.96. The Morgan fingerprint density at radius 3 is 2.30 bits per heavy atom. The quantitative estimate of drug-likeness (QED) is 0.406. The second kappa shape index (κ2) is 9.71. The molecule has 1 aliphatic carbocycles. The molecular formula is C27H31N3O3. The van der Waals surface area contributed by atoms with Crippen molar-refractivity contribution in [2.24, 2.45) is 0 Å². The van der Waals surface area contributed by atoms with Gasteiger partial charge in [-0.3, -0.25) is 0 Å². The molecule has 1 aliphatic rings. The predicted molar refractivity (Wildman–Crippen MR) is 130 cm³/mol. The van der Waals surface area contributed by atoms with Crippen LogP contribution < -0.4 is 5.32 Å². The molecule has 1 saturated carbocycles. The van der Waals surface area contributed by atoms with Crippen LogP contribution in [0, 0.1) is 0 Å². The zero-order valence-corrected chi connectivity index (χ0v) is 18.8. The first-order valence-corrected chi connectivity index (χ1v) is 11.9. The zero-order valence-electron chi connectivity index (χ0n) is 18.8. The van der Waals surface area contributed by atoms with E-state index in [1.54, 1.807) is 11.2 Å². The molecule has 0 bridgehead atoms. The third-order valence-corrected chi connectivity index (χ3v) is 6.65. The minimum atomic E-state index is -0.726. The van der Waals surface area contributed by atoms with E-state index in [2.05, 4.69) is 34.1 Å². The molecule has 0 radical (unpaired) electrons. The lowest BCUT2D eigenvalue weighted by molar-refractivity contribution is 0.101. The number of hydrogen-bond acceptors (Lipinski definition) is 3. The second-order valence-corrected chi connectivity index (χ2v) is 9.04. The van der Waals surface area contributed by atoms with Crippen molar-refractivity contribution < 1.29 is 14.3 Å². The van der Waals surface area contributed by atoms with Gasteiger partial charge in [-0.05, 0) is 37.1 Å². The number of fused-ring (bicyclic) bond motifs is 3. The first kappa shape index (κ1) is 21.6. The van der Waals surface area contributed by atoms with E-state index < -0.39 is 6.10 Å². The van der Waals surface area contributed by atoms with Crippen molar-refractivity contribution in [2.75, 3.05) is 6.54 Å². The van der Waals surface area contributed by atoms with Crippen molar-refractivity contribution >= 4 is 27.8 Å². The van der Waals surface area contributed by atoms with E-state index in [4.69, 9.17) is 4.42 Å². The highest BCUT2D eigenvalue weighted by molar-refractivity contribution is 6.07. The van der Waals surface area contributed by atoms with Gasteiger partial charge in [0, 0.05) is 27.8 Å². The standard InChI is InChI=1S/C27H31N3O3/c31-21(18-30-25-14-6-4-12-23(25)24-13-5-7-15-26(24)30)17-29(19-22-11-8-16-33-22)27(32)28-20-9-2-1-3-10-20/h4-8,11-16,20-21,31H,1-3,9-10,17-19H2,(H,28,32). The third-order valence-electron chi connectivity index (χ3n) is 6.65. The SMILES string of the molecule is O=C(NC1CCCCC1)N(Cc1ccco1)CC(O)Cn1c2ccccc2c2ccccc21. The van der Waals surface area contributed by atoms with Gasteiger partial charge in [-0.1, -0.05) is 55.7 Å². The Balaban J connectivity index is 1.36. The summed E-state index contributed by atoms with van der Waals surface area (Å²) in [7, 11) is 0. The van der Waals surface area contributed by atoms with Crippen LogP contribution in [0.5, 0.6) is 0 Å². The van der Waals surface area contributed by atoms with Gasteiger partial charge in [0.2, 0.25) is 0 Å². The number of urea groups is 1. The van der Waals surface area contributed by atoms with Gasteiger partial charge in [0.05, 0.1) is 32.0 Å². The number of aliphatic hydroxyl groups excluding tert-OH is 1. The van der Waals surface area contributed by atoms with Crippen LogP contribution in [0.15, 0.2) is 71.3 Å². The number of aliphatic hydroxyl groups is 1.